The average molecular weight is 589 g/mol. The number of cyclic esters (lactones) is 1. The van der Waals surface area contributed by atoms with Crippen LogP contribution in [-0.4, -0.2) is 74.8 Å². The fourth-order valence-electron chi connectivity index (χ4n) is 4.72. The van der Waals surface area contributed by atoms with Crippen molar-refractivity contribution >= 4 is 17.8 Å². The maximum atomic E-state index is 13.5. The van der Waals surface area contributed by atoms with Crippen molar-refractivity contribution < 1.29 is 47.2 Å². The highest BCUT2D eigenvalue weighted by Crippen LogP contribution is 2.32. The number of benzene rings is 1. The molecule has 11 nitrogen and oxygen atoms in total. The molecule has 1 N–H and O–H groups in total. The number of hydrogen-bond donors (Lipinski definition) is 1. The van der Waals surface area contributed by atoms with E-state index in [-0.39, 0.29) is 35.5 Å². The van der Waals surface area contributed by atoms with Crippen molar-refractivity contribution in [1.29, 1.82) is 0 Å². The van der Waals surface area contributed by atoms with Crippen LogP contribution >= 0.6 is 0 Å². The maximum Gasteiger partial charge on any atom is 0.331 e. The molecule has 4 rings (SSSR count). The van der Waals surface area contributed by atoms with E-state index in [0.29, 0.717) is 32.0 Å². The molecule has 0 unspecified atom stereocenters. The molecule has 0 radical (unpaired) electrons. The number of rotatable bonds is 11. The molecule has 4 atom stereocenters. The minimum atomic E-state index is -1.15. The smallest absolute Gasteiger partial charge is 0.331 e. The van der Waals surface area contributed by atoms with Crippen LogP contribution in [-0.2, 0) is 35.0 Å². The second-order valence-corrected chi connectivity index (χ2v) is 10.5. The number of esters is 2. The lowest BCUT2D eigenvalue weighted by Crippen LogP contribution is -2.49. The van der Waals surface area contributed by atoms with E-state index in [4.69, 9.17) is 28.4 Å². The summed E-state index contributed by atoms with van der Waals surface area (Å²) in [6.07, 6.45) is 3.69. The lowest BCUT2D eigenvalue weighted by Gasteiger charge is -2.34. The molecule has 0 spiro atoms. The van der Waals surface area contributed by atoms with E-state index < -0.39 is 42.9 Å². The monoisotopic (exact) mass is 588 g/mol. The van der Waals surface area contributed by atoms with E-state index in [1.165, 1.54) is 38.4 Å². The van der Waals surface area contributed by atoms with Crippen LogP contribution in [0, 0.1) is 17.7 Å². The zero-order valence-corrected chi connectivity index (χ0v) is 24.0. The molecule has 42 heavy (non-hydrogen) atoms. The van der Waals surface area contributed by atoms with Gasteiger partial charge in [0.15, 0.2) is 23.2 Å². The van der Waals surface area contributed by atoms with E-state index in [1.807, 2.05) is 0 Å². The van der Waals surface area contributed by atoms with Gasteiger partial charge >= 0.3 is 11.9 Å². The molecule has 2 aliphatic rings. The van der Waals surface area contributed by atoms with Gasteiger partial charge in [0, 0.05) is 32.4 Å². The predicted octanol–water partition coefficient (Wildman–Crippen LogP) is 3.23. The van der Waals surface area contributed by atoms with Gasteiger partial charge < -0.3 is 33.7 Å². The number of ether oxygens (including phenoxy) is 6. The number of carbonyl (C=O) groups excluding carboxylic acids is 3. The minimum absolute atomic E-state index is 0.0546. The van der Waals surface area contributed by atoms with Crippen molar-refractivity contribution in [2.45, 2.75) is 57.8 Å². The van der Waals surface area contributed by atoms with Crippen molar-refractivity contribution in [1.82, 2.24) is 10.3 Å². The second-order valence-electron chi connectivity index (χ2n) is 10.5. The van der Waals surface area contributed by atoms with Crippen LogP contribution in [0.25, 0.3) is 0 Å². The van der Waals surface area contributed by atoms with Crippen LogP contribution in [0.3, 0.4) is 0 Å². The third-order valence-corrected chi connectivity index (χ3v) is 7.14. The molecule has 1 aromatic heterocycles. The number of halogens is 1. The van der Waals surface area contributed by atoms with Crippen LogP contribution in [0.15, 0.2) is 36.5 Å². The fraction of sp³-hybridized carbons (Fsp3) is 0.533. The van der Waals surface area contributed by atoms with E-state index in [1.54, 1.807) is 19.1 Å². The highest BCUT2D eigenvalue weighted by atomic mass is 19.1. The Morgan fingerprint density at radius 3 is 2.60 bits per heavy atom. The number of carbonyl (C=O) groups is 3. The Labute approximate surface area is 244 Å². The van der Waals surface area contributed by atoms with Gasteiger partial charge in [0.05, 0.1) is 19.8 Å². The molecular weight excluding hydrogens is 551 g/mol. The first-order chi connectivity index (χ1) is 20.2. The Balaban J connectivity index is 1.48. The van der Waals surface area contributed by atoms with Crippen molar-refractivity contribution in [3.63, 3.8) is 0 Å². The molecule has 2 fully saturated rings. The first-order valence-corrected chi connectivity index (χ1v) is 14.0. The zero-order chi connectivity index (χ0) is 30.1. The molecule has 2 aromatic rings. The highest BCUT2D eigenvalue weighted by Gasteiger charge is 2.36. The Morgan fingerprint density at radius 2 is 1.90 bits per heavy atom. The summed E-state index contributed by atoms with van der Waals surface area (Å²) in [5.41, 5.74) is 0.768. The Kier molecular flexibility index (Phi) is 11.1. The summed E-state index contributed by atoms with van der Waals surface area (Å²) in [4.78, 5) is 41.8. The third-order valence-electron chi connectivity index (χ3n) is 7.14. The summed E-state index contributed by atoms with van der Waals surface area (Å²) in [7, 11) is 1.38. The quantitative estimate of drug-likeness (QED) is 0.308. The van der Waals surface area contributed by atoms with Crippen LogP contribution in [0.4, 0.5) is 4.39 Å². The van der Waals surface area contributed by atoms with Crippen molar-refractivity contribution in [2.75, 3.05) is 33.7 Å². The van der Waals surface area contributed by atoms with E-state index in [9.17, 15) is 18.8 Å². The van der Waals surface area contributed by atoms with Crippen LogP contribution < -0.4 is 14.8 Å². The Hall–Kier alpha value is -3.77. The average Bonchev–Trinajstić information content (AvgIpc) is 3.79. The lowest BCUT2D eigenvalue weighted by molar-refractivity contribution is -0.166. The molecule has 0 bridgehead atoms. The number of hydrogen-bond acceptors (Lipinski definition) is 10. The highest BCUT2D eigenvalue weighted by molar-refractivity contribution is 5.98. The van der Waals surface area contributed by atoms with Crippen LogP contribution in [0.5, 0.6) is 11.5 Å². The van der Waals surface area contributed by atoms with Crippen LogP contribution in [0.1, 0.15) is 49.2 Å². The number of nitrogens with zero attached hydrogens (tertiary/aromatic N) is 1. The molecule has 1 aromatic carbocycles. The van der Waals surface area contributed by atoms with E-state index in [0.717, 1.165) is 18.4 Å². The van der Waals surface area contributed by atoms with Gasteiger partial charge in [0.2, 0.25) is 6.79 Å². The predicted molar refractivity (Wildman–Crippen MR) is 146 cm³/mol. The van der Waals surface area contributed by atoms with Gasteiger partial charge in [-0.25, -0.2) is 14.2 Å². The lowest BCUT2D eigenvalue weighted by atomic mass is 9.88. The molecule has 1 saturated carbocycles. The van der Waals surface area contributed by atoms with E-state index >= 15 is 0 Å². The SMILES string of the molecule is COc1ccnc(C(=O)N[C@H]2COCC[C@H](Cc3ccc(F)cc3)[C@@H](OCC3CC3)[C@H](C)OC2=O)c1OCOC(C)=O. The third kappa shape index (κ3) is 8.86. The molecular formula is C30H37FN2O9. The van der Waals surface area contributed by atoms with Crippen molar-refractivity contribution in [2.24, 2.45) is 11.8 Å². The summed E-state index contributed by atoms with van der Waals surface area (Å²) >= 11 is 0. The van der Waals surface area contributed by atoms with E-state index in [2.05, 4.69) is 10.3 Å². The molecule has 12 heteroatoms. The first-order valence-electron chi connectivity index (χ1n) is 14.0. The fourth-order valence-corrected chi connectivity index (χ4v) is 4.72. The number of nitrogens with one attached hydrogen (secondary N) is 1. The molecule has 2 heterocycles. The molecule has 1 saturated heterocycles. The van der Waals surface area contributed by atoms with Crippen LogP contribution in [0.2, 0.25) is 0 Å². The minimum Gasteiger partial charge on any atom is -0.493 e. The maximum absolute atomic E-state index is 13.5. The Morgan fingerprint density at radius 1 is 1.14 bits per heavy atom. The van der Waals surface area contributed by atoms with Gasteiger partial charge in [-0.15, -0.1) is 0 Å². The standard InChI is InChI=1S/C30H37FN2O9/c1-18-27(39-15-21-4-5-21)22(14-20-6-8-23(31)9-7-20)11-13-38-16-24(30(36)42-18)33-29(35)26-28(41-17-40-19(2)34)25(37-3)10-12-32-26/h6-10,12,18,21-22,24,27H,4-5,11,13-17H2,1-3H3,(H,33,35)/t18-,22+,24-,27-/m0/s1. The molecule has 1 aliphatic heterocycles. The first kappa shape index (κ1) is 31.2. The summed E-state index contributed by atoms with van der Waals surface area (Å²) in [5, 5.41) is 2.62. The number of methoxy groups -OCH3 is 1. The van der Waals surface area contributed by atoms with Gasteiger partial charge in [-0.3, -0.25) is 9.59 Å². The summed E-state index contributed by atoms with van der Waals surface area (Å²) in [6.45, 7) is 3.25. The van der Waals surface area contributed by atoms with Gasteiger partial charge in [-0.1, -0.05) is 12.1 Å². The van der Waals surface area contributed by atoms with Gasteiger partial charge in [-0.2, -0.15) is 0 Å². The van der Waals surface area contributed by atoms with Gasteiger partial charge in [0.25, 0.3) is 5.91 Å². The summed E-state index contributed by atoms with van der Waals surface area (Å²) in [6, 6.07) is 6.66. The van der Waals surface area contributed by atoms with Gasteiger partial charge in [0.1, 0.15) is 11.9 Å². The normalized spacial score (nSPS) is 22.9. The van der Waals surface area contributed by atoms with Crippen molar-refractivity contribution in [3.05, 3.63) is 53.6 Å². The second kappa shape index (κ2) is 14.9. The molecule has 1 aliphatic carbocycles. The van der Waals surface area contributed by atoms with Crippen molar-refractivity contribution in [3.8, 4) is 11.5 Å². The Bertz CT molecular complexity index is 1220. The zero-order valence-electron chi connectivity index (χ0n) is 24.0. The van der Waals surface area contributed by atoms with Gasteiger partial charge in [-0.05, 0) is 62.1 Å². The number of aromatic nitrogens is 1. The summed E-state index contributed by atoms with van der Waals surface area (Å²) in [5.74, 6) is -1.74. The topological polar surface area (TPSA) is 132 Å². The number of pyridine rings is 1. The summed E-state index contributed by atoms with van der Waals surface area (Å²) < 4.78 is 47.0. The molecule has 1 amide bonds. The molecule has 228 valence electrons. The largest absolute Gasteiger partial charge is 0.493 e. The number of amides is 1.